The summed E-state index contributed by atoms with van der Waals surface area (Å²) < 4.78 is 7.57. The molecule has 0 aliphatic heterocycles. The van der Waals surface area contributed by atoms with Crippen molar-refractivity contribution in [2.24, 2.45) is 0 Å². The van der Waals surface area contributed by atoms with Gasteiger partial charge in [0.05, 0.1) is 6.61 Å². The van der Waals surface area contributed by atoms with Crippen molar-refractivity contribution in [2.75, 3.05) is 11.9 Å². The van der Waals surface area contributed by atoms with Crippen molar-refractivity contribution in [1.82, 2.24) is 14.9 Å². The third-order valence-electron chi connectivity index (χ3n) is 4.48. The third-order valence-corrected chi connectivity index (χ3v) is 4.48. The predicted molar refractivity (Wildman–Crippen MR) is 111 cm³/mol. The number of imidazole rings is 1. The maximum Gasteiger partial charge on any atom is 0.319 e. The van der Waals surface area contributed by atoms with Crippen LogP contribution in [0.1, 0.15) is 29.4 Å². The van der Waals surface area contributed by atoms with Crippen LogP contribution in [-0.2, 0) is 13.1 Å². The van der Waals surface area contributed by atoms with Crippen molar-refractivity contribution in [3.05, 3.63) is 77.4 Å². The number of urea groups is 1. The first kappa shape index (κ1) is 19.5. The van der Waals surface area contributed by atoms with Gasteiger partial charge in [0.15, 0.2) is 0 Å². The van der Waals surface area contributed by atoms with Crippen LogP contribution in [0.3, 0.4) is 0 Å². The van der Waals surface area contributed by atoms with Gasteiger partial charge in [-0.2, -0.15) is 0 Å². The molecule has 3 rings (SSSR count). The molecule has 0 atom stereocenters. The maximum atomic E-state index is 12.3. The SMILES string of the molecule is CCOc1ccc(NC(=O)NCc2cccc(Cn3ccnc3C)c2)c(C)c1. The molecule has 0 fully saturated rings. The standard InChI is InChI=1S/C22H26N4O2/c1-4-28-20-8-9-21(16(2)12-20)25-22(27)24-14-18-6-5-7-19(13-18)15-26-11-10-23-17(26)3/h5-13H,4,14-15H2,1-3H3,(H2,24,25,27). The number of anilines is 1. The number of amides is 2. The summed E-state index contributed by atoms with van der Waals surface area (Å²) in [6.07, 6.45) is 3.76. The van der Waals surface area contributed by atoms with Crippen molar-refractivity contribution in [3.63, 3.8) is 0 Å². The summed E-state index contributed by atoms with van der Waals surface area (Å²) in [5.41, 5.74) is 3.95. The predicted octanol–water partition coefficient (Wildman–Crippen LogP) is 4.27. The lowest BCUT2D eigenvalue weighted by atomic mass is 10.1. The number of carbonyl (C=O) groups is 1. The molecular weight excluding hydrogens is 352 g/mol. The summed E-state index contributed by atoms with van der Waals surface area (Å²) >= 11 is 0. The van der Waals surface area contributed by atoms with Crippen LogP contribution in [0, 0.1) is 13.8 Å². The molecule has 0 aliphatic rings. The molecule has 146 valence electrons. The Morgan fingerprint density at radius 1 is 1.14 bits per heavy atom. The van der Waals surface area contributed by atoms with Crippen molar-refractivity contribution >= 4 is 11.7 Å². The summed E-state index contributed by atoms with van der Waals surface area (Å²) in [7, 11) is 0. The molecule has 2 N–H and O–H groups in total. The molecule has 0 aliphatic carbocycles. The monoisotopic (exact) mass is 378 g/mol. The Morgan fingerprint density at radius 3 is 2.68 bits per heavy atom. The zero-order valence-electron chi connectivity index (χ0n) is 16.5. The van der Waals surface area contributed by atoms with Gasteiger partial charge in [0, 0.05) is 31.2 Å². The van der Waals surface area contributed by atoms with Gasteiger partial charge < -0.3 is 19.9 Å². The van der Waals surface area contributed by atoms with Crippen molar-refractivity contribution in [3.8, 4) is 5.75 Å². The van der Waals surface area contributed by atoms with Gasteiger partial charge in [-0.1, -0.05) is 24.3 Å². The van der Waals surface area contributed by atoms with Crippen LogP contribution in [0.4, 0.5) is 10.5 Å². The van der Waals surface area contributed by atoms with E-state index in [1.807, 2.05) is 57.3 Å². The first-order chi connectivity index (χ1) is 13.5. The first-order valence-electron chi connectivity index (χ1n) is 9.39. The summed E-state index contributed by atoms with van der Waals surface area (Å²) in [6.45, 7) is 7.71. The van der Waals surface area contributed by atoms with Gasteiger partial charge >= 0.3 is 6.03 Å². The molecule has 6 nitrogen and oxygen atoms in total. The fourth-order valence-corrected chi connectivity index (χ4v) is 2.99. The van der Waals surface area contributed by atoms with Crippen LogP contribution < -0.4 is 15.4 Å². The van der Waals surface area contributed by atoms with Crippen LogP contribution in [0.15, 0.2) is 54.9 Å². The molecule has 0 unspecified atom stereocenters. The Labute approximate surface area is 165 Å². The van der Waals surface area contributed by atoms with E-state index < -0.39 is 0 Å². The lowest BCUT2D eigenvalue weighted by molar-refractivity contribution is 0.251. The van der Waals surface area contributed by atoms with Gasteiger partial charge in [0.25, 0.3) is 0 Å². The van der Waals surface area contributed by atoms with E-state index in [2.05, 4.69) is 32.3 Å². The number of hydrogen-bond donors (Lipinski definition) is 2. The largest absolute Gasteiger partial charge is 0.494 e. The van der Waals surface area contributed by atoms with E-state index in [4.69, 9.17) is 4.74 Å². The average molecular weight is 378 g/mol. The van der Waals surface area contributed by atoms with E-state index in [9.17, 15) is 4.79 Å². The second-order valence-corrected chi connectivity index (χ2v) is 6.64. The fraction of sp³-hybridized carbons (Fsp3) is 0.273. The minimum atomic E-state index is -0.233. The molecule has 2 aromatic carbocycles. The molecule has 0 saturated carbocycles. The lowest BCUT2D eigenvalue weighted by Crippen LogP contribution is -2.28. The Balaban J connectivity index is 1.56. The summed E-state index contributed by atoms with van der Waals surface area (Å²) in [4.78, 5) is 16.5. The number of carbonyl (C=O) groups excluding carboxylic acids is 1. The van der Waals surface area contributed by atoms with Gasteiger partial charge in [-0.05, 0) is 55.7 Å². The number of ether oxygens (including phenoxy) is 1. The molecular formula is C22H26N4O2. The van der Waals surface area contributed by atoms with Gasteiger partial charge in [-0.25, -0.2) is 9.78 Å². The van der Waals surface area contributed by atoms with Crippen LogP contribution in [0.2, 0.25) is 0 Å². The fourth-order valence-electron chi connectivity index (χ4n) is 2.99. The average Bonchev–Trinajstić information content (AvgIpc) is 3.07. The minimum absolute atomic E-state index is 0.233. The lowest BCUT2D eigenvalue weighted by Gasteiger charge is -2.12. The van der Waals surface area contributed by atoms with Crippen molar-refractivity contribution in [2.45, 2.75) is 33.9 Å². The van der Waals surface area contributed by atoms with E-state index in [0.29, 0.717) is 13.2 Å². The Bertz CT molecular complexity index is 949. The maximum absolute atomic E-state index is 12.3. The number of nitrogens with one attached hydrogen (secondary N) is 2. The van der Waals surface area contributed by atoms with E-state index in [1.165, 1.54) is 5.56 Å². The molecule has 0 spiro atoms. The Morgan fingerprint density at radius 2 is 1.96 bits per heavy atom. The second kappa shape index (κ2) is 9.08. The molecule has 1 heterocycles. The molecule has 0 bridgehead atoms. The van der Waals surface area contributed by atoms with E-state index in [1.54, 1.807) is 6.20 Å². The summed E-state index contributed by atoms with van der Waals surface area (Å²) in [6, 6.07) is 13.6. The molecule has 0 radical (unpaired) electrons. The quantitative estimate of drug-likeness (QED) is 0.645. The van der Waals surface area contributed by atoms with Crippen LogP contribution in [0.25, 0.3) is 0 Å². The Kier molecular flexibility index (Phi) is 6.32. The van der Waals surface area contributed by atoms with Gasteiger partial charge in [0.1, 0.15) is 11.6 Å². The zero-order chi connectivity index (χ0) is 19.9. The smallest absolute Gasteiger partial charge is 0.319 e. The molecule has 3 aromatic rings. The highest BCUT2D eigenvalue weighted by atomic mass is 16.5. The van der Waals surface area contributed by atoms with Gasteiger partial charge in [-0.15, -0.1) is 0 Å². The second-order valence-electron chi connectivity index (χ2n) is 6.64. The molecule has 1 aromatic heterocycles. The number of aryl methyl sites for hydroxylation is 2. The highest BCUT2D eigenvalue weighted by molar-refractivity contribution is 5.90. The number of hydrogen-bond acceptors (Lipinski definition) is 3. The number of aromatic nitrogens is 2. The van der Waals surface area contributed by atoms with Crippen molar-refractivity contribution < 1.29 is 9.53 Å². The topological polar surface area (TPSA) is 68.2 Å². The van der Waals surface area contributed by atoms with Crippen LogP contribution in [0.5, 0.6) is 5.75 Å². The molecule has 28 heavy (non-hydrogen) atoms. The first-order valence-corrected chi connectivity index (χ1v) is 9.39. The van der Waals surface area contributed by atoms with E-state index in [0.717, 1.165) is 34.9 Å². The third kappa shape index (κ3) is 5.13. The minimum Gasteiger partial charge on any atom is -0.494 e. The molecule has 0 saturated heterocycles. The van der Waals surface area contributed by atoms with Crippen LogP contribution >= 0.6 is 0 Å². The number of benzene rings is 2. The summed E-state index contributed by atoms with van der Waals surface area (Å²) in [5, 5.41) is 5.80. The van der Waals surface area contributed by atoms with Crippen molar-refractivity contribution in [1.29, 1.82) is 0 Å². The summed E-state index contributed by atoms with van der Waals surface area (Å²) in [5.74, 6) is 1.78. The molecule has 6 heteroatoms. The Hall–Kier alpha value is -3.28. The van der Waals surface area contributed by atoms with Gasteiger partial charge in [0.2, 0.25) is 0 Å². The highest BCUT2D eigenvalue weighted by Gasteiger charge is 2.06. The van der Waals surface area contributed by atoms with E-state index >= 15 is 0 Å². The number of rotatable bonds is 7. The zero-order valence-corrected chi connectivity index (χ0v) is 16.5. The highest BCUT2D eigenvalue weighted by Crippen LogP contribution is 2.21. The normalized spacial score (nSPS) is 10.5. The van der Waals surface area contributed by atoms with Crippen LogP contribution in [-0.4, -0.2) is 22.2 Å². The van der Waals surface area contributed by atoms with Gasteiger partial charge in [-0.3, -0.25) is 0 Å². The van der Waals surface area contributed by atoms with E-state index in [-0.39, 0.29) is 6.03 Å². The molecule has 2 amide bonds. The number of nitrogens with zero attached hydrogens (tertiary/aromatic N) is 2.